The fourth-order valence-corrected chi connectivity index (χ4v) is 7.66. The fraction of sp³-hybridized carbons (Fsp3) is 0.333. The van der Waals surface area contributed by atoms with Crippen LogP contribution in [0.5, 0.6) is 5.75 Å². The summed E-state index contributed by atoms with van der Waals surface area (Å²) < 4.78 is 48.8. The van der Waals surface area contributed by atoms with E-state index in [1.807, 2.05) is 68.4 Å². The third-order valence-corrected chi connectivity index (χ3v) is 10.6. The number of aryl methyl sites for hydroxylation is 1. The van der Waals surface area contributed by atoms with E-state index in [2.05, 4.69) is 5.32 Å². The van der Waals surface area contributed by atoms with Gasteiger partial charge in [-0.2, -0.15) is 0 Å². The number of nitrogens with zero attached hydrogens (tertiary/aromatic N) is 2. The summed E-state index contributed by atoms with van der Waals surface area (Å²) in [6.45, 7) is 3.72. The van der Waals surface area contributed by atoms with Crippen molar-refractivity contribution in [2.24, 2.45) is 0 Å². The Morgan fingerprint density at radius 2 is 1.55 bits per heavy atom. The summed E-state index contributed by atoms with van der Waals surface area (Å²) >= 11 is 0. The largest absolute Gasteiger partial charge is 0.494 e. The molecule has 0 spiro atoms. The zero-order chi connectivity index (χ0) is 34.8. The maximum Gasteiger partial charge on any atom is 0.264 e. The van der Waals surface area contributed by atoms with Crippen LogP contribution >= 0.6 is 0 Å². The number of nitrogens with one attached hydrogen (secondary N) is 1. The normalized spacial score (nSPS) is 14.1. The van der Waals surface area contributed by atoms with Crippen molar-refractivity contribution < 1.29 is 27.1 Å². The minimum absolute atomic E-state index is 0.00894. The van der Waals surface area contributed by atoms with Crippen LogP contribution in [0.2, 0.25) is 0 Å². The molecule has 2 amide bonds. The van der Waals surface area contributed by atoms with Crippen LogP contribution in [0.25, 0.3) is 0 Å². The van der Waals surface area contributed by atoms with E-state index in [4.69, 9.17) is 4.74 Å². The molecule has 4 aromatic rings. The van der Waals surface area contributed by atoms with E-state index >= 15 is 0 Å². The number of hydrogen-bond acceptors (Lipinski definition) is 5. The first-order valence-electron chi connectivity index (χ1n) is 16.8. The summed E-state index contributed by atoms with van der Waals surface area (Å²) in [5.41, 5.74) is 2.90. The summed E-state index contributed by atoms with van der Waals surface area (Å²) in [4.78, 5) is 30.3. The maximum absolute atomic E-state index is 14.7. The summed E-state index contributed by atoms with van der Waals surface area (Å²) in [7, 11) is -4.35. The van der Waals surface area contributed by atoms with Gasteiger partial charge in [0.25, 0.3) is 10.0 Å². The lowest BCUT2D eigenvalue weighted by molar-refractivity contribution is -0.140. The van der Waals surface area contributed by atoms with Gasteiger partial charge < -0.3 is 15.0 Å². The maximum atomic E-state index is 14.7. The average molecular weight is 686 g/mol. The van der Waals surface area contributed by atoms with E-state index in [1.165, 1.54) is 17.0 Å². The Morgan fingerprint density at radius 1 is 0.878 bits per heavy atom. The van der Waals surface area contributed by atoms with Gasteiger partial charge in [0.15, 0.2) is 0 Å². The molecule has 8 nitrogen and oxygen atoms in total. The molecule has 1 unspecified atom stereocenters. The number of halogens is 1. The van der Waals surface area contributed by atoms with Crippen LogP contribution in [0.3, 0.4) is 0 Å². The Hall–Kier alpha value is -4.70. The number of hydrogen-bond donors (Lipinski definition) is 1. The lowest BCUT2D eigenvalue weighted by Crippen LogP contribution is -2.55. The van der Waals surface area contributed by atoms with E-state index in [1.54, 1.807) is 24.3 Å². The van der Waals surface area contributed by atoms with Crippen LogP contribution in [0.1, 0.15) is 55.7 Å². The first-order chi connectivity index (χ1) is 23.6. The van der Waals surface area contributed by atoms with Gasteiger partial charge in [-0.3, -0.25) is 13.9 Å². The minimum Gasteiger partial charge on any atom is -0.494 e. The number of carbonyl (C=O) groups is 2. The summed E-state index contributed by atoms with van der Waals surface area (Å²) in [5, 5.41) is 3.22. The van der Waals surface area contributed by atoms with Crippen molar-refractivity contribution in [3.63, 3.8) is 0 Å². The molecule has 1 aliphatic rings. The molecule has 1 saturated carbocycles. The number of sulfonamides is 1. The van der Waals surface area contributed by atoms with Crippen molar-refractivity contribution >= 4 is 27.5 Å². The zero-order valence-electron chi connectivity index (χ0n) is 28.1. The smallest absolute Gasteiger partial charge is 0.264 e. The van der Waals surface area contributed by atoms with E-state index in [0.29, 0.717) is 12.4 Å². The Kier molecular flexibility index (Phi) is 12.1. The predicted octanol–water partition coefficient (Wildman–Crippen LogP) is 6.82. The topological polar surface area (TPSA) is 96.0 Å². The molecule has 0 radical (unpaired) electrons. The highest BCUT2D eigenvalue weighted by Gasteiger charge is 2.35. The molecular weight excluding hydrogens is 642 g/mol. The minimum atomic E-state index is -4.35. The van der Waals surface area contributed by atoms with Gasteiger partial charge >= 0.3 is 0 Å². The second-order valence-electron chi connectivity index (χ2n) is 12.5. The van der Waals surface area contributed by atoms with Crippen molar-refractivity contribution in [3.8, 4) is 5.75 Å². The van der Waals surface area contributed by atoms with Gasteiger partial charge in [-0.25, -0.2) is 12.8 Å². The molecule has 1 N–H and O–H groups in total. The third-order valence-electron chi connectivity index (χ3n) is 8.77. The summed E-state index contributed by atoms with van der Waals surface area (Å²) in [5.74, 6) is -0.869. The second kappa shape index (κ2) is 16.6. The molecule has 0 aliphatic heterocycles. The van der Waals surface area contributed by atoms with Gasteiger partial charge in [0, 0.05) is 19.0 Å². The van der Waals surface area contributed by atoms with E-state index < -0.39 is 34.3 Å². The van der Waals surface area contributed by atoms with E-state index in [9.17, 15) is 22.4 Å². The van der Waals surface area contributed by atoms with Gasteiger partial charge in [-0.1, -0.05) is 79.4 Å². The van der Waals surface area contributed by atoms with Gasteiger partial charge in [0.1, 0.15) is 24.2 Å². The zero-order valence-corrected chi connectivity index (χ0v) is 28.9. The number of carbonyl (C=O) groups excluding carboxylic acids is 2. The van der Waals surface area contributed by atoms with Crippen molar-refractivity contribution in [1.29, 1.82) is 0 Å². The highest BCUT2D eigenvalue weighted by Crippen LogP contribution is 2.28. The quantitative estimate of drug-likeness (QED) is 0.157. The molecule has 1 fully saturated rings. The standard InChI is InChI=1S/C39H44FN3O5S/c1-3-48-35-21-19-34(20-22-35)43(49(46,47)36-23-17-32(40)18-24-36)28-38(44)42(27-31-14-10-11-29(2)25-31)37(26-30-12-6-4-7-13-30)39(45)41-33-15-8-5-9-16-33/h4,6-7,10-14,17-25,33,37H,3,5,8-9,15-16,26-28H2,1-2H3,(H,41,45). The first-order valence-corrected chi connectivity index (χ1v) is 18.3. The van der Waals surface area contributed by atoms with Crippen molar-refractivity contribution in [3.05, 3.63) is 126 Å². The molecule has 1 aliphatic carbocycles. The molecule has 0 heterocycles. The summed E-state index contributed by atoms with van der Waals surface area (Å²) in [6.07, 6.45) is 5.16. The Balaban J connectivity index is 1.56. The fourth-order valence-electron chi connectivity index (χ4n) is 6.24. The highest BCUT2D eigenvalue weighted by molar-refractivity contribution is 7.92. The molecule has 1 atom stereocenters. The SMILES string of the molecule is CCOc1ccc(N(CC(=O)N(Cc2cccc(C)c2)C(Cc2ccccc2)C(=O)NC2CCCCC2)S(=O)(=O)c2ccc(F)cc2)cc1. The molecule has 49 heavy (non-hydrogen) atoms. The molecule has 10 heteroatoms. The van der Waals surface area contributed by atoms with Gasteiger partial charge in [0.05, 0.1) is 17.2 Å². The first kappa shape index (κ1) is 35.6. The van der Waals surface area contributed by atoms with Gasteiger partial charge in [-0.15, -0.1) is 0 Å². The lowest BCUT2D eigenvalue weighted by atomic mass is 9.94. The molecule has 0 aromatic heterocycles. The monoisotopic (exact) mass is 685 g/mol. The van der Waals surface area contributed by atoms with Crippen LogP contribution < -0.4 is 14.4 Å². The number of rotatable bonds is 14. The van der Waals surface area contributed by atoms with Crippen LogP contribution in [0.4, 0.5) is 10.1 Å². The highest BCUT2D eigenvalue weighted by atomic mass is 32.2. The molecule has 5 rings (SSSR count). The number of anilines is 1. The third kappa shape index (κ3) is 9.47. The van der Waals surface area contributed by atoms with Crippen molar-refractivity contribution in [2.75, 3.05) is 17.5 Å². The molecule has 4 aromatic carbocycles. The molecule has 0 saturated heterocycles. The van der Waals surface area contributed by atoms with Crippen molar-refractivity contribution in [1.82, 2.24) is 10.2 Å². The van der Waals surface area contributed by atoms with Crippen LogP contribution in [0.15, 0.2) is 108 Å². The van der Waals surface area contributed by atoms with Gasteiger partial charge in [-0.05, 0) is 86.3 Å². The Morgan fingerprint density at radius 3 is 2.20 bits per heavy atom. The van der Waals surface area contributed by atoms with Crippen LogP contribution in [-0.2, 0) is 32.6 Å². The molecular formula is C39H44FN3O5S. The number of benzene rings is 4. The summed E-state index contributed by atoms with van der Waals surface area (Å²) in [6, 6.07) is 27.2. The van der Waals surface area contributed by atoms with E-state index in [0.717, 1.165) is 65.2 Å². The number of amides is 2. The Labute approximate surface area is 289 Å². The van der Waals surface area contributed by atoms with E-state index in [-0.39, 0.29) is 35.5 Å². The van der Waals surface area contributed by atoms with Gasteiger partial charge in [0.2, 0.25) is 11.8 Å². The molecule has 258 valence electrons. The van der Waals surface area contributed by atoms with Crippen LogP contribution in [-0.4, -0.2) is 50.4 Å². The lowest BCUT2D eigenvalue weighted by Gasteiger charge is -2.35. The predicted molar refractivity (Wildman–Crippen MR) is 189 cm³/mol. The Bertz CT molecular complexity index is 1790. The average Bonchev–Trinajstić information content (AvgIpc) is 3.10. The second-order valence-corrected chi connectivity index (χ2v) is 14.3. The number of ether oxygens (including phenoxy) is 1. The van der Waals surface area contributed by atoms with Crippen LogP contribution in [0, 0.1) is 12.7 Å². The van der Waals surface area contributed by atoms with Crippen molar-refractivity contribution in [2.45, 2.75) is 75.9 Å². The molecule has 0 bridgehead atoms.